The number of aromatic nitrogens is 1. The number of carbonyl (C=O) groups excluding carboxylic acids is 1. The number of H-pyrrole nitrogens is 1. The smallest absolute Gasteiger partial charge is 0.349 e. The number of para-hydroxylation sites is 1. The second kappa shape index (κ2) is 5.38. The molecule has 0 aliphatic rings. The molecule has 2 heterocycles. The van der Waals surface area contributed by atoms with Gasteiger partial charge < -0.3 is 14.7 Å². The van der Waals surface area contributed by atoms with E-state index in [1.54, 1.807) is 30.3 Å². The van der Waals surface area contributed by atoms with Crippen molar-refractivity contribution in [3.8, 4) is 0 Å². The average molecular weight is 318 g/mol. The molecule has 4 rings (SSSR count). The third-order valence-electron chi connectivity index (χ3n) is 3.90. The molecule has 0 saturated carbocycles. The van der Waals surface area contributed by atoms with Crippen molar-refractivity contribution in [3.63, 3.8) is 0 Å². The van der Waals surface area contributed by atoms with Crippen LogP contribution in [0.5, 0.6) is 0 Å². The third-order valence-corrected chi connectivity index (χ3v) is 3.90. The summed E-state index contributed by atoms with van der Waals surface area (Å²) in [7, 11) is 0. The number of hydrogen-bond acceptors (Lipinski definition) is 3. The highest BCUT2D eigenvalue weighted by Crippen LogP contribution is 2.20. The van der Waals surface area contributed by atoms with Crippen LogP contribution in [0, 0.1) is 6.92 Å². The number of aryl methyl sites for hydroxylation is 1. The summed E-state index contributed by atoms with van der Waals surface area (Å²) < 4.78 is 5.20. The Bertz CT molecular complexity index is 1140. The number of hydrogen-bond donors (Lipinski definition) is 2. The molecule has 0 saturated heterocycles. The summed E-state index contributed by atoms with van der Waals surface area (Å²) in [6, 6.07) is 16.2. The van der Waals surface area contributed by atoms with E-state index in [-0.39, 0.29) is 5.56 Å². The lowest BCUT2D eigenvalue weighted by molar-refractivity contribution is 0.102. The molecule has 5 nitrogen and oxygen atoms in total. The van der Waals surface area contributed by atoms with E-state index < -0.39 is 11.5 Å². The van der Waals surface area contributed by atoms with Crippen molar-refractivity contribution in [2.24, 2.45) is 0 Å². The molecular weight excluding hydrogens is 304 g/mol. The highest BCUT2D eigenvalue weighted by atomic mass is 16.4. The number of benzene rings is 2. The minimum absolute atomic E-state index is 0.0148. The highest BCUT2D eigenvalue weighted by molar-refractivity contribution is 6.06. The molecule has 4 aromatic rings. The fourth-order valence-corrected chi connectivity index (χ4v) is 2.77. The molecule has 0 aliphatic heterocycles. The summed E-state index contributed by atoms with van der Waals surface area (Å²) in [6.07, 6.45) is 0. The van der Waals surface area contributed by atoms with Gasteiger partial charge in [-0.05, 0) is 43.3 Å². The first-order valence-corrected chi connectivity index (χ1v) is 7.54. The van der Waals surface area contributed by atoms with Gasteiger partial charge in [0.25, 0.3) is 5.91 Å². The number of amides is 1. The minimum atomic E-state index is -0.648. The molecule has 0 aliphatic carbocycles. The van der Waals surface area contributed by atoms with Crippen molar-refractivity contribution < 1.29 is 9.21 Å². The SMILES string of the molecule is Cc1cc2cc(NC(=O)c3cc4ccccc4oc3=O)ccc2[nH]1. The van der Waals surface area contributed by atoms with Crippen molar-refractivity contribution in [1.29, 1.82) is 0 Å². The molecule has 24 heavy (non-hydrogen) atoms. The van der Waals surface area contributed by atoms with Crippen LogP contribution in [0.1, 0.15) is 16.1 Å². The molecule has 2 aromatic carbocycles. The zero-order valence-electron chi connectivity index (χ0n) is 12.9. The Hall–Kier alpha value is -3.34. The Kier molecular flexibility index (Phi) is 3.20. The van der Waals surface area contributed by atoms with Gasteiger partial charge in [-0.3, -0.25) is 4.79 Å². The molecule has 0 fully saturated rings. The first kappa shape index (κ1) is 14.3. The first-order chi connectivity index (χ1) is 11.6. The van der Waals surface area contributed by atoms with E-state index in [0.717, 1.165) is 16.6 Å². The average Bonchev–Trinajstić information content (AvgIpc) is 2.93. The van der Waals surface area contributed by atoms with E-state index in [4.69, 9.17) is 4.42 Å². The molecule has 2 N–H and O–H groups in total. The minimum Gasteiger partial charge on any atom is -0.422 e. The van der Waals surface area contributed by atoms with Crippen LogP contribution in [-0.4, -0.2) is 10.9 Å². The molecular formula is C19H14N2O3. The zero-order valence-corrected chi connectivity index (χ0v) is 12.9. The van der Waals surface area contributed by atoms with Crippen LogP contribution >= 0.6 is 0 Å². The van der Waals surface area contributed by atoms with Crippen LogP contribution in [0.2, 0.25) is 0 Å². The van der Waals surface area contributed by atoms with Gasteiger partial charge in [-0.15, -0.1) is 0 Å². The van der Waals surface area contributed by atoms with E-state index in [2.05, 4.69) is 10.3 Å². The lowest BCUT2D eigenvalue weighted by atomic mass is 10.1. The molecule has 0 bridgehead atoms. The van der Waals surface area contributed by atoms with E-state index in [1.807, 2.05) is 31.2 Å². The Labute approximate surface area is 136 Å². The van der Waals surface area contributed by atoms with Crippen LogP contribution < -0.4 is 10.9 Å². The molecule has 5 heteroatoms. The zero-order chi connectivity index (χ0) is 16.7. The fraction of sp³-hybridized carbons (Fsp3) is 0.0526. The molecule has 0 spiro atoms. The lowest BCUT2D eigenvalue weighted by Crippen LogP contribution is -2.20. The van der Waals surface area contributed by atoms with Gasteiger partial charge in [-0.25, -0.2) is 4.79 Å². The van der Waals surface area contributed by atoms with Gasteiger partial charge in [0.1, 0.15) is 11.1 Å². The maximum atomic E-state index is 12.4. The number of nitrogens with one attached hydrogen (secondary N) is 2. The van der Waals surface area contributed by atoms with Crippen LogP contribution in [0.25, 0.3) is 21.9 Å². The van der Waals surface area contributed by atoms with Crippen molar-refractivity contribution in [2.75, 3.05) is 5.32 Å². The maximum Gasteiger partial charge on any atom is 0.349 e. The quantitative estimate of drug-likeness (QED) is 0.551. The second-order valence-electron chi connectivity index (χ2n) is 5.69. The van der Waals surface area contributed by atoms with Crippen LogP contribution in [-0.2, 0) is 0 Å². The summed E-state index contributed by atoms with van der Waals surface area (Å²) in [5.74, 6) is -0.485. The monoisotopic (exact) mass is 318 g/mol. The van der Waals surface area contributed by atoms with Gasteiger partial charge in [0, 0.05) is 27.7 Å². The maximum absolute atomic E-state index is 12.4. The molecule has 118 valence electrons. The normalized spacial score (nSPS) is 11.0. The number of rotatable bonds is 2. The van der Waals surface area contributed by atoms with Crippen LogP contribution in [0.15, 0.2) is 63.8 Å². The van der Waals surface area contributed by atoms with Gasteiger partial charge in [0.15, 0.2) is 0 Å². The fourth-order valence-electron chi connectivity index (χ4n) is 2.77. The summed E-state index contributed by atoms with van der Waals surface area (Å²) in [5.41, 5.74) is 2.46. The van der Waals surface area contributed by atoms with Gasteiger partial charge in [0.2, 0.25) is 0 Å². The number of carbonyl (C=O) groups is 1. The molecule has 0 atom stereocenters. The number of anilines is 1. The standard InChI is InChI=1S/C19H14N2O3/c1-11-8-13-9-14(6-7-16(13)20-11)21-18(22)15-10-12-4-2-3-5-17(12)24-19(15)23/h2-10,20H,1H3,(H,21,22). The van der Waals surface area contributed by atoms with Crippen molar-refractivity contribution in [3.05, 3.63) is 76.3 Å². The predicted octanol–water partition coefficient (Wildman–Crippen LogP) is 3.84. The molecule has 0 unspecified atom stereocenters. The molecule has 0 radical (unpaired) electrons. The molecule has 2 aromatic heterocycles. The van der Waals surface area contributed by atoms with Crippen molar-refractivity contribution >= 4 is 33.5 Å². The highest BCUT2D eigenvalue weighted by Gasteiger charge is 2.14. The number of fused-ring (bicyclic) bond motifs is 2. The summed E-state index contributed by atoms with van der Waals surface area (Å²) >= 11 is 0. The first-order valence-electron chi connectivity index (χ1n) is 7.54. The van der Waals surface area contributed by atoms with Gasteiger partial charge in [-0.2, -0.15) is 0 Å². The molecule has 1 amide bonds. The summed E-state index contributed by atoms with van der Waals surface area (Å²) in [6.45, 7) is 1.97. The van der Waals surface area contributed by atoms with Gasteiger partial charge >= 0.3 is 5.63 Å². The number of aromatic amines is 1. The topological polar surface area (TPSA) is 75.1 Å². The Morgan fingerprint density at radius 1 is 1.04 bits per heavy atom. The van der Waals surface area contributed by atoms with Gasteiger partial charge in [-0.1, -0.05) is 18.2 Å². The third kappa shape index (κ3) is 2.46. The second-order valence-corrected chi connectivity index (χ2v) is 5.69. The summed E-state index contributed by atoms with van der Waals surface area (Å²) in [4.78, 5) is 27.7. The van der Waals surface area contributed by atoms with E-state index in [9.17, 15) is 9.59 Å². The summed E-state index contributed by atoms with van der Waals surface area (Å²) in [5, 5.41) is 4.46. The van der Waals surface area contributed by atoms with Crippen molar-refractivity contribution in [2.45, 2.75) is 6.92 Å². The lowest BCUT2D eigenvalue weighted by Gasteiger charge is -2.05. The Morgan fingerprint density at radius 3 is 2.75 bits per heavy atom. The van der Waals surface area contributed by atoms with Crippen molar-refractivity contribution in [1.82, 2.24) is 4.98 Å². The Balaban J connectivity index is 1.70. The van der Waals surface area contributed by atoms with Crippen LogP contribution in [0.3, 0.4) is 0 Å². The van der Waals surface area contributed by atoms with E-state index >= 15 is 0 Å². The van der Waals surface area contributed by atoms with Crippen LogP contribution in [0.4, 0.5) is 5.69 Å². The largest absolute Gasteiger partial charge is 0.422 e. The van der Waals surface area contributed by atoms with E-state index in [0.29, 0.717) is 16.7 Å². The predicted molar refractivity (Wildman–Crippen MR) is 93.5 cm³/mol. The van der Waals surface area contributed by atoms with E-state index in [1.165, 1.54) is 0 Å². The Morgan fingerprint density at radius 2 is 1.88 bits per heavy atom. The van der Waals surface area contributed by atoms with Gasteiger partial charge in [0.05, 0.1) is 0 Å².